The van der Waals surface area contributed by atoms with Gasteiger partial charge >= 0.3 is 0 Å². The zero-order chi connectivity index (χ0) is 21.2. The van der Waals surface area contributed by atoms with Gasteiger partial charge in [0.05, 0.1) is 12.9 Å². The van der Waals surface area contributed by atoms with Crippen LogP contribution in [-0.4, -0.2) is 49.1 Å². The third kappa shape index (κ3) is 4.31. The van der Waals surface area contributed by atoms with E-state index in [2.05, 4.69) is 10.3 Å². The summed E-state index contributed by atoms with van der Waals surface area (Å²) in [5.74, 6) is -0.774. The highest BCUT2D eigenvalue weighted by Gasteiger charge is 2.31. The topological polar surface area (TPSA) is 137 Å². The maximum atomic E-state index is 12.6. The summed E-state index contributed by atoms with van der Waals surface area (Å²) in [6, 6.07) is 7.03. The second kappa shape index (κ2) is 8.31. The van der Waals surface area contributed by atoms with Gasteiger partial charge in [-0.25, -0.2) is 9.29 Å². The van der Waals surface area contributed by atoms with Crippen LogP contribution in [0.2, 0.25) is 0 Å². The first-order valence-corrected chi connectivity index (χ1v) is 10.7. The highest BCUT2D eigenvalue weighted by Crippen LogP contribution is 2.48. The van der Waals surface area contributed by atoms with Gasteiger partial charge in [0.2, 0.25) is 11.7 Å². The molecule has 2 heterocycles. The number of nitrogens with zero attached hydrogens (tertiary/aromatic N) is 3. The molecule has 1 aromatic carbocycles. The first-order chi connectivity index (χ1) is 13.7. The van der Waals surface area contributed by atoms with Crippen LogP contribution in [0, 0.1) is 0 Å². The van der Waals surface area contributed by atoms with Gasteiger partial charge < -0.3 is 15.2 Å². The van der Waals surface area contributed by atoms with Gasteiger partial charge in [-0.15, -0.1) is 10.8 Å². The molecule has 0 saturated carbocycles. The van der Waals surface area contributed by atoms with E-state index in [4.69, 9.17) is 4.74 Å². The highest BCUT2D eigenvalue weighted by molar-refractivity contribution is 8.25. The van der Waals surface area contributed by atoms with Crippen LogP contribution in [0.1, 0.15) is 28.9 Å². The lowest BCUT2D eigenvalue weighted by atomic mass is 10.2. The number of nitrogens with one attached hydrogen (secondary N) is 1. The smallest absolute Gasteiger partial charge is 0.297 e. The molecular formula is C18H24N4O6S. The summed E-state index contributed by atoms with van der Waals surface area (Å²) < 4.78 is 28.0. The Morgan fingerprint density at radius 1 is 1.28 bits per heavy atom. The van der Waals surface area contributed by atoms with Crippen LogP contribution in [0.4, 0.5) is 5.95 Å². The van der Waals surface area contributed by atoms with Gasteiger partial charge in [0, 0.05) is 20.1 Å². The second-order valence-corrected chi connectivity index (χ2v) is 8.76. The fourth-order valence-electron chi connectivity index (χ4n) is 3.01. The third-order valence-electron chi connectivity index (χ3n) is 4.68. The molecule has 29 heavy (non-hydrogen) atoms. The summed E-state index contributed by atoms with van der Waals surface area (Å²) in [7, 11) is -0.241. The lowest BCUT2D eigenvalue weighted by Crippen LogP contribution is -2.39. The zero-order valence-corrected chi connectivity index (χ0v) is 17.0. The average Bonchev–Trinajstić information content (AvgIpc) is 2.71. The summed E-state index contributed by atoms with van der Waals surface area (Å²) in [6.45, 7) is 0.424. The van der Waals surface area contributed by atoms with Gasteiger partial charge in [-0.3, -0.25) is 23.3 Å². The maximum absolute atomic E-state index is 12.6. The predicted octanol–water partition coefficient (Wildman–Crippen LogP) is 1.69. The molecule has 0 spiro atoms. The number of carbonyl (C=O) groups is 1. The predicted molar refractivity (Wildman–Crippen MR) is 110 cm³/mol. The number of aromatic nitrogens is 2. The monoisotopic (exact) mass is 424 g/mol. The molecule has 3 rings (SSSR count). The van der Waals surface area contributed by atoms with Gasteiger partial charge in [-0.05, 0) is 30.5 Å². The van der Waals surface area contributed by atoms with E-state index in [0.29, 0.717) is 18.6 Å². The van der Waals surface area contributed by atoms with E-state index >= 15 is 0 Å². The van der Waals surface area contributed by atoms with Crippen molar-refractivity contribution in [1.29, 1.82) is 0 Å². The van der Waals surface area contributed by atoms with Crippen molar-refractivity contribution in [1.82, 2.24) is 14.9 Å². The molecular weight excluding hydrogens is 400 g/mol. The van der Waals surface area contributed by atoms with E-state index in [1.807, 2.05) is 0 Å². The summed E-state index contributed by atoms with van der Waals surface area (Å²) in [5, 5.41) is 12.8. The van der Waals surface area contributed by atoms with Crippen molar-refractivity contribution in [3.8, 4) is 11.5 Å². The summed E-state index contributed by atoms with van der Waals surface area (Å²) in [5.41, 5.74) is -0.518. The molecule has 1 aliphatic heterocycles. The van der Waals surface area contributed by atoms with Crippen molar-refractivity contribution < 1.29 is 23.7 Å². The molecule has 0 unspecified atom stereocenters. The van der Waals surface area contributed by atoms with Crippen LogP contribution < -0.4 is 19.9 Å². The lowest BCUT2D eigenvalue weighted by molar-refractivity contribution is 0.0942. The molecule has 1 aliphatic rings. The van der Waals surface area contributed by atoms with Crippen LogP contribution in [0.3, 0.4) is 0 Å². The number of methoxy groups -OCH3 is 1. The minimum absolute atomic E-state index is 0.0675. The molecule has 1 aromatic heterocycles. The van der Waals surface area contributed by atoms with Crippen LogP contribution in [0.5, 0.6) is 11.5 Å². The number of aromatic hydroxyl groups is 1. The quantitative estimate of drug-likeness (QED) is 0.569. The molecule has 11 heteroatoms. The van der Waals surface area contributed by atoms with E-state index in [0.717, 1.165) is 10.1 Å². The minimum Gasteiger partial charge on any atom is -0.501 e. The number of hydrogen-bond donors (Lipinski definition) is 4. The van der Waals surface area contributed by atoms with E-state index in [1.54, 1.807) is 31.4 Å². The molecule has 0 radical (unpaired) electrons. The van der Waals surface area contributed by atoms with E-state index in [1.165, 1.54) is 11.4 Å². The number of anilines is 1. The summed E-state index contributed by atoms with van der Waals surface area (Å²) in [6.07, 6.45) is 1.33. The normalized spacial score (nSPS) is 16.9. The number of benzene rings is 1. The maximum Gasteiger partial charge on any atom is 0.297 e. The molecule has 4 N–H and O–H groups in total. The summed E-state index contributed by atoms with van der Waals surface area (Å²) >= 11 is 0. The standard InChI is InChI=1S/C18H24N4O6S/c1-21-17(25)15(23)14(20-18(21)22-9-3-4-10-29(22,26)27)16(24)19-11-12-5-7-13(28-2)8-6-12/h5-8,23,26-27H,3-4,9-11H2,1-2H3,(H,19,24). The lowest BCUT2D eigenvalue weighted by Gasteiger charge is -2.46. The Kier molecular flexibility index (Phi) is 6.01. The Bertz CT molecular complexity index is 960. The van der Waals surface area contributed by atoms with Gasteiger partial charge in [0.1, 0.15) is 5.75 Å². The minimum atomic E-state index is -3.15. The number of rotatable bonds is 5. The Balaban J connectivity index is 1.87. The Hall–Kier alpha value is -2.76. The van der Waals surface area contributed by atoms with Crippen LogP contribution in [0.25, 0.3) is 0 Å². The number of hydrogen-bond acceptors (Lipinski definition) is 8. The van der Waals surface area contributed by atoms with Crippen molar-refractivity contribution in [3.63, 3.8) is 0 Å². The number of ether oxygens (including phenoxy) is 1. The first kappa shape index (κ1) is 21.0. The molecule has 0 aliphatic carbocycles. The van der Waals surface area contributed by atoms with Crippen LogP contribution >= 0.6 is 10.8 Å². The van der Waals surface area contributed by atoms with Crippen molar-refractivity contribution in [3.05, 3.63) is 45.9 Å². The van der Waals surface area contributed by atoms with E-state index < -0.39 is 33.7 Å². The third-order valence-corrected chi connectivity index (χ3v) is 6.56. The number of amides is 1. The Labute approximate surface area is 169 Å². The highest BCUT2D eigenvalue weighted by atomic mass is 32.3. The van der Waals surface area contributed by atoms with Gasteiger partial charge in [-0.1, -0.05) is 12.1 Å². The second-order valence-electron chi connectivity index (χ2n) is 6.65. The molecule has 1 amide bonds. The molecule has 1 fully saturated rings. The molecule has 158 valence electrons. The Morgan fingerprint density at radius 3 is 2.59 bits per heavy atom. The average molecular weight is 424 g/mol. The largest absolute Gasteiger partial charge is 0.501 e. The van der Waals surface area contributed by atoms with Crippen molar-refractivity contribution in [2.24, 2.45) is 7.05 Å². The SMILES string of the molecule is COc1ccc(CNC(=O)c2nc(N3CCCCS3(O)O)n(C)c(=O)c2O)cc1. The van der Waals surface area contributed by atoms with Gasteiger partial charge in [0.15, 0.2) is 5.69 Å². The van der Waals surface area contributed by atoms with Crippen molar-refractivity contribution in [2.45, 2.75) is 19.4 Å². The molecule has 0 bridgehead atoms. The van der Waals surface area contributed by atoms with Gasteiger partial charge in [-0.2, -0.15) is 0 Å². The summed E-state index contributed by atoms with van der Waals surface area (Å²) in [4.78, 5) is 29.1. The number of carbonyl (C=O) groups excluding carboxylic acids is 1. The molecule has 10 nitrogen and oxygen atoms in total. The first-order valence-electron chi connectivity index (χ1n) is 8.99. The molecule has 1 saturated heterocycles. The van der Waals surface area contributed by atoms with Crippen molar-refractivity contribution >= 4 is 22.6 Å². The fraction of sp³-hybridized carbons (Fsp3) is 0.389. The molecule has 0 atom stereocenters. The van der Waals surface area contributed by atoms with Gasteiger partial charge in [0.25, 0.3) is 11.5 Å². The Morgan fingerprint density at radius 2 is 1.97 bits per heavy atom. The molecule has 2 aromatic rings. The van der Waals surface area contributed by atoms with E-state index in [9.17, 15) is 23.8 Å². The van der Waals surface area contributed by atoms with Crippen molar-refractivity contribution in [2.75, 3.05) is 23.7 Å². The van der Waals surface area contributed by atoms with Crippen LogP contribution in [-0.2, 0) is 13.6 Å². The van der Waals surface area contributed by atoms with E-state index in [-0.39, 0.29) is 24.8 Å². The zero-order valence-electron chi connectivity index (χ0n) is 16.2. The fourth-order valence-corrected chi connectivity index (χ4v) is 4.67. The van der Waals surface area contributed by atoms with Crippen LogP contribution in [0.15, 0.2) is 29.1 Å².